The number of methoxy groups -OCH3 is 1. The van der Waals surface area contributed by atoms with E-state index in [1.54, 1.807) is 12.0 Å². The summed E-state index contributed by atoms with van der Waals surface area (Å²) in [5.74, 6) is 0.486. The SMILES string of the molecule is CCC(C)C1NC(=O)C(CC(C)C)N(C(C)COC)C1=O. The molecule has 1 saturated heterocycles. The molecule has 21 heavy (non-hydrogen) atoms. The number of hydrogen-bond donors (Lipinski definition) is 1. The van der Waals surface area contributed by atoms with Crippen molar-refractivity contribution in [1.29, 1.82) is 0 Å². The largest absolute Gasteiger partial charge is 0.383 e. The summed E-state index contributed by atoms with van der Waals surface area (Å²) >= 11 is 0. The molecule has 0 bridgehead atoms. The van der Waals surface area contributed by atoms with Gasteiger partial charge in [0.1, 0.15) is 12.1 Å². The number of piperazine rings is 1. The summed E-state index contributed by atoms with van der Waals surface area (Å²) in [5.41, 5.74) is 0. The van der Waals surface area contributed by atoms with Crippen LogP contribution in [0.3, 0.4) is 0 Å². The molecule has 0 spiro atoms. The predicted octanol–water partition coefficient (Wildman–Crippen LogP) is 1.81. The fourth-order valence-corrected chi connectivity index (χ4v) is 2.89. The van der Waals surface area contributed by atoms with E-state index in [-0.39, 0.29) is 29.8 Å². The molecule has 4 atom stereocenters. The van der Waals surface area contributed by atoms with E-state index in [0.717, 1.165) is 6.42 Å². The minimum absolute atomic E-state index is 0.0270. The Kier molecular flexibility index (Phi) is 6.65. The average Bonchev–Trinajstić information content (AvgIpc) is 2.41. The van der Waals surface area contributed by atoms with Gasteiger partial charge >= 0.3 is 0 Å². The third-order valence-corrected chi connectivity index (χ3v) is 4.25. The predicted molar refractivity (Wildman–Crippen MR) is 82.8 cm³/mol. The lowest BCUT2D eigenvalue weighted by atomic mass is 9.90. The molecule has 122 valence electrons. The minimum Gasteiger partial charge on any atom is -0.383 e. The highest BCUT2D eigenvalue weighted by Gasteiger charge is 2.44. The topological polar surface area (TPSA) is 58.6 Å². The highest BCUT2D eigenvalue weighted by Crippen LogP contribution is 2.24. The van der Waals surface area contributed by atoms with Crippen LogP contribution >= 0.6 is 0 Å². The zero-order valence-electron chi connectivity index (χ0n) is 14.2. The number of carbonyl (C=O) groups is 2. The molecule has 0 saturated carbocycles. The van der Waals surface area contributed by atoms with Gasteiger partial charge in [-0.3, -0.25) is 9.59 Å². The van der Waals surface area contributed by atoms with Crippen molar-refractivity contribution < 1.29 is 14.3 Å². The van der Waals surface area contributed by atoms with Gasteiger partial charge in [0.05, 0.1) is 12.6 Å². The number of hydrogen-bond acceptors (Lipinski definition) is 3. The number of nitrogens with one attached hydrogen (secondary N) is 1. The highest BCUT2D eigenvalue weighted by atomic mass is 16.5. The molecule has 0 aromatic rings. The summed E-state index contributed by atoms with van der Waals surface area (Å²) in [4.78, 5) is 27.1. The van der Waals surface area contributed by atoms with Crippen LogP contribution in [-0.2, 0) is 14.3 Å². The van der Waals surface area contributed by atoms with Crippen molar-refractivity contribution in [1.82, 2.24) is 10.2 Å². The molecule has 1 aliphatic heterocycles. The molecule has 0 aromatic carbocycles. The van der Waals surface area contributed by atoms with Gasteiger partial charge in [-0.05, 0) is 25.2 Å². The third-order valence-electron chi connectivity index (χ3n) is 4.25. The quantitative estimate of drug-likeness (QED) is 0.780. The van der Waals surface area contributed by atoms with E-state index in [2.05, 4.69) is 19.2 Å². The molecule has 2 amide bonds. The Morgan fingerprint density at radius 3 is 2.33 bits per heavy atom. The maximum Gasteiger partial charge on any atom is 0.246 e. The van der Waals surface area contributed by atoms with Crippen LogP contribution < -0.4 is 5.32 Å². The van der Waals surface area contributed by atoms with Crippen LogP contribution in [0, 0.1) is 11.8 Å². The van der Waals surface area contributed by atoms with Crippen molar-refractivity contribution >= 4 is 11.8 Å². The lowest BCUT2D eigenvalue weighted by molar-refractivity contribution is -0.155. The molecule has 1 N–H and O–H groups in total. The summed E-state index contributed by atoms with van der Waals surface area (Å²) in [6, 6.07) is -0.892. The van der Waals surface area contributed by atoms with Gasteiger partial charge in [-0.25, -0.2) is 0 Å². The van der Waals surface area contributed by atoms with Gasteiger partial charge in [-0.15, -0.1) is 0 Å². The number of amides is 2. The van der Waals surface area contributed by atoms with Gasteiger partial charge in [-0.2, -0.15) is 0 Å². The maximum absolute atomic E-state index is 12.8. The van der Waals surface area contributed by atoms with Crippen LogP contribution in [0.25, 0.3) is 0 Å². The summed E-state index contributed by atoms with van der Waals surface area (Å²) < 4.78 is 5.19. The van der Waals surface area contributed by atoms with Crippen molar-refractivity contribution in [2.24, 2.45) is 11.8 Å². The maximum atomic E-state index is 12.8. The average molecular weight is 298 g/mol. The second-order valence-corrected chi connectivity index (χ2v) is 6.57. The van der Waals surface area contributed by atoms with Gasteiger partial charge in [0, 0.05) is 7.11 Å². The number of ether oxygens (including phenoxy) is 1. The van der Waals surface area contributed by atoms with Gasteiger partial charge in [0.25, 0.3) is 0 Å². The number of nitrogens with zero attached hydrogens (tertiary/aromatic N) is 1. The molecular formula is C16H30N2O3. The first-order valence-corrected chi connectivity index (χ1v) is 7.94. The van der Waals surface area contributed by atoms with E-state index in [1.807, 2.05) is 20.8 Å². The zero-order valence-corrected chi connectivity index (χ0v) is 14.2. The van der Waals surface area contributed by atoms with E-state index in [4.69, 9.17) is 4.74 Å². The smallest absolute Gasteiger partial charge is 0.246 e. The zero-order chi connectivity index (χ0) is 16.2. The molecular weight excluding hydrogens is 268 g/mol. The summed E-state index contributed by atoms with van der Waals surface area (Å²) in [6.45, 7) is 10.6. The van der Waals surface area contributed by atoms with E-state index in [1.165, 1.54) is 0 Å². The van der Waals surface area contributed by atoms with Gasteiger partial charge in [-0.1, -0.05) is 34.1 Å². The summed E-state index contributed by atoms with van der Waals surface area (Å²) in [6.07, 6.45) is 1.54. The van der Waals surface area contributed by atoms with Crippen molar-refractivity contribution in [2.75, 3.05) is 13.7 Å². The molecule has 5 heteroatoms. The molecule has 1 heterocycles. The highest BCUT2D eigenvalue weighted by molar-refractivity contribution is 5.97. The van der Waals surface area contributed by atoms with Crippen molar-refractivity contribution in [2.45, 2.75) is 65.6 Å². The van der Waals surface area contributed by atoms with Crippen LogP contribution in [0.5, 0.6) is 0 Å². The van der Waals surface area contributed by atoms with Crippen LogP contribution in [-0.4, -0.2) is 48.6 Å². The number of rotatable bonds is 7. The second-order valence-electron chi connectivity index (χ2n) is 6.57. The molecule has 1 aliphatic rings. The second kappa shape index (κ2) is 7.78. The Hall–Kier alpha value is -1.10. The van der Waals surface area contributed by atoms with Crippen molar-refractivity contribution in [3.63, 3.8) is 0 Å². The Balaban J connectivity index is 3.04. The first-order chi connectivity index (χ1) is 9.83. The molecule has 0 radical (unpaired) electrons. The van der Waals surface area contributed by atoms with Crippen LogP contribution in [0.1, 0.15) is 47.5 Å². The third kappa shape index (κ3) is 4.19. The minimum atomic E-state index is -0.412. The molecule has 0 aromatic heterocycles. The van der Waals surface area contributed by atoms with Crippen LogP contribution in [0.2, 0.25) is 0 Å². The van der Waals surface area contributed by atoms with Crippen molar-refractivity contribution in [3.05, 3.63) is 0 Å². The first-order valence-electron chi connectivity index (χ1n) is 7.94. The Morgan fingerprint density at radius 1 is 1.24 bits per heavy atom. The molecule has 1 fully saturated rings. The standard InChI is InChI=1S/C16H30N2O3/c1-7-11(4)14-16(20)18(12(5)9-21-6)13(8-10(2)3)15(19)17-14/h10-14H,7-9H2,1-6H3,(H,17,19). The Morgan fingerprint density at radius 2 is 1.86 bits per heavy atom. The van der Waals surface area contributed by atoms with E-state index in [0.29, 0.717) is 18.9 Å². The van der Waals surface area contributed by atoms with Gasteiger partial charge in [0.2, 0.25) is 11.8 Å². The lowest BCUT2D eigenvalue weighted by Crippen LogP contribution is -2.67. The van der Waals surface area contributed by atoms with Crippen LogP contribution in [0.4, 0.5) is 0 Å². The Bertz CT molecular complexity index is 371. The fourth-order valence-electron chi connectivity index (χ4n) is 2.89. The van der Waals surface area contributed by atoms with Crippen molar-refractivity contribution in [3.8, 4) is 0 Å². The molecule has 4 unspecified atom stereocenters. The summed E-state index contributed by atoms with van der Waals surface area (Å²) in [5, 5.41) is 2.93. The molecule has 5 nitrogen and oxygen atoms in total. The Labute approximate surface area is 128 Å². The van der Waals surface area contributed by atoms with Gasteiger partial charge in [0.15, 0.2) is 0 Å². The van der Waals surface area contributed by atoms with Crippen LogP contribution in [0.15, 0.2) is 0 Å². The van der Waals surface area contributed by atoms with E-state index in [9.17, 15) is 9.59 Å². The molecule has 0 aliphatic carbocycles. The monoisotopic (exact) mass is 298 g/mol. The van der Waals surface area contributed by atoms with Gasteiger partial charge < -0.3 is 15.0 Å². The fraction of sp³-hybridized carbons (Fsp3) is 0.875. The van der Waals surface area contributed by atoms with E-state index < -0.39 is 6.04 Å². The van der Waals surface area contributed by atoms with E-state index >= 15 is 0 Å². The first kappa shape index (κ1) is 18.0. The molecule has 1 rings (SSSR count). The normalized spacial score (nSPS) is 26.0. The lowest BCUT2D eigenvalue weighted by Gasteiger charge is -2.44. The summed E-state index contributed by atoms with van der Waals surface area (Å²) in [7, 11) is 1.62. The number of carbonyl (C=O) groups excluding carboxylic acids is 2.